The van der Waals surface area contributed by atoms with E-state index in [1.807, 2.05) is 0 Å². The minimum atomic E-state index is -0.534. The van der Waals surface area contributed by atoms with Gasteiger partial charge >= 0.3 is 0 Å². The van der Waals surface area contributed by atoms with E-state index in [9.17, 15) is 4.79 Å². The van der Waals surface area contributed by atoms with Gasteiger partial charge in [-0.3, -0.25) is 4.79 Å². The minimum absolute atomic E-state index is 0.259. The number of thiophene rings is 1. The molecule has 2 atom stereocenters. The van der Waals surface area contributed by atoms with Crippen molar-refractivity contribution in [3.05, 3.63) is 22.4 Å². The van der Waals surface area contributed by atoms with Crippen LogP contribution in [0.25, 0.3) is 0 Å². The molecule has 1 heterocycles. The van der Waals surface area contributed by atoms with Crippen molar-refractivity contribution in [1.29, 1.82) is 0 Å². The quantitative estimate of drug-likeness (QED) is 0.893. The molecular weight excluding hydrogens is 230 g/mol. The second-order valence-corrected chi connectivity index (χ2v) is 6.19. The lowest BCUT2D eigenvalue weighted by Crippen LogP contribution is -2.51. The van der Waals surface area contributed by atoms with Crippen LogP contribution in [0.15, 0.2) is 16.8 Å². The summed E-state index contributed by atoms with van der Waals surface area (Å²) >= 11 is 1.68. The van der Waals surface area contributed by atoms with E-state index < -0.39 is 5.54 Å². The lowest BCUT2D eigenvalue weighted by molar-refractivity contribution is -0.125. The summed E-state index contributed by atoms with van der Waals surface area (Å²) in [5, 5.41) is 4.17. The van der Waals surface area contributed by atoms with Crippen LogP contribution in [0.4, 0.5) is 0 Å². The molecule has 1 fully saturated rings. The maximum atomic E-state index is 12.2. The molecule has 1 aromatic heterocycles. The Balaban J connectivity index is 1.90. The summed E-state index contributed by atoms with van der Waals surface area (Å²) in [5.41, 5.74) is 7.01. The maximum absolute atomic E-state index is 12.2. The maximum Gasteiger partial charge on any atom is 0.152 e. The summed E-state index contributed by atoms with van der Waals surface area (Å²) in [6.45, 7) is 2.20. The number of rotatable bonds is 4. The number of Topliss-reactive ketones (excluding diaryl/α,β-unsaturated/α-hetero) is 1. The normalized spacial score (nSPS) is 29.2. The Hall–Kier alpha value is -0.670. The fourth-order valence-corrected chi connectivity index (χ4v) is 3.49. The van der Waals surface area contributed by atoms with E-state index >= 15 is 0 Å². The molecule has 94 valence electrons. The molecule has 0 spiro atoms. The number of aryl methyl sites for hydroxylation is 1. The molecule has 0 amide bonds. The van der Waals surface area contributed by atoms with Gasteiger partial charge in [0.15, 0.2) is 5.78 Å². The van der Waals surface area contributed by atoms with Gasteiger partial charge in [-0.2, -0.15) is 11.3 Å². The summed E-state index contributed by atoms with van der Waals surface area (Å²) in [5.74, 6) is 0.856. The zero-order chi connectivity index (χ0) is 12.3. The number of carbonyl (C=O) groups is 1. The minimum Gasteiger partial charge on any atom is -0.319 e. The second-order valence-electron chi connectivity index (χ2n) is 5.41. The number of ketones is 1. The first kappa shape index (κ1) is 12.8. The monoisotopic (exact) mass is 251 g/mol. The summed E-state index contributed by atoms with van der Waals surface area (Å²) in [6.07, 6.45) is 5.50. The molecule has 0 aromatic carbocycles. The molecule has 2 N–H and O–H groups in total. The van der Waals surface area contributed by atoms with Gasteiger partial charge in [-0.05, 0) is 47.6 Å². The lowest BCUT2D eigenvalue weighted by Gasteiger charge is -2.35. The van der Waals surface area contributed by atoms with Crippen molar-refractivity contribution >= 4 is 17.1 Å². The Bertz CT molecular complexity index is 374. The van der Waals surface area contributed by atoms with Gasteiger partial charge in [0, 0.05) is 6.42 Å². The molecule has 1 aromatic rings. The van der Waals surface area contributed by atoms with E-state index in [4.69, 9.17) is 5.73 Å². The standard InChI is InChI=1S/C14H21NOS/c1-11-3-2-7-14(15,9-11)13(16)5-4-12-6-8-17-10-12/h6,8,10-11H,2-5,7,9,15H2,1H3. The topological polar surface area (TPSA) is 43.1 Å². The molecule has 0 bridgehead atoms. The third kappa shape index (κ3) is 3.17. The zero-order valence-corrected chi connectivity index (χ0v) is 11.3. The van der Waals surface area contributed by atoms with E-state index in [1.165, 1.54) is 12.0 Å². The first-order valence-electron chi connectivity index (χ1n) is 6.43. The van der Waals surface area contributed by atoms with Crippen LogP contribution in [-0.2, 0) is 11.2 Å². The predicted molar refractivity (Wildman–Crippen MR) is 72.2 cm³/mol. The average molecular weight is 251 g/mol. The fraction of sp³-hybridized carbons (Fsp3) is 0.643. The summed E-state index contributed by atoms with van der Waals surface area (Å²) in [7, 11) is 0. The van der Waals surface area contributed by atoms with Crippen molar-refractivity contribution in [2.24, 2.45) is 11.7 Å². The number of hydrogen-bond acceptors (Lipinski definition) is 3. The van der Waals surface area contributed by atoms with Crippen LogP contribution in [0.1, 0.15) is 44.6 Å². The molecule has 0 saturated heterocycles. The highest BCUT2D eigenvalue weighted by Gasteiger charge is 2.36. The Morgan fingerprint density at radius 2 is 2.47 bits per heavy atom. The molecule has 1 saturated carbocycles. The van der Waals surface area contributed by atoms with Gasteiger partial charge in [-0.15, -0.1) is 0 Å². The zero-order valence-electron chi connectivity index (χ0n) is 10.4. The molecule has 0 aliphatic heterocycles. The Morgan fingerprint density at radius 3 is 3.12 bits per heavy atom. The smallest absolute Gasteiger partial charge is 0.152 e. The molecule has 2 rings (SSSR count). The largest absolute Gasteiger partial charge is 0.319 e. The van der Waals surface area contributed by atoms with Gasteiger partial charge in [0.25, 0.3) is 0 Å². The molecular formula is C14H21NOS. The summed E-state index contributed by atoms with van der Waals surface area (Å²) in [6, 6.07) is 2.09. The van der Waals surface area contributed by atoms with E-state index in [-0.39, 0.29) is 5.78 Å². The van der Waals surface area contributed by atoms with Gasteiger partial charge in [0.05, 0.1) is 5.54 Å². The van der Waals surface area contributed by atoms with E-state index in [0.29, 0.717) is 12.3 Å². The highest BCUT2D eigenvalue weighted by Crippen LogP contribution is 2.32. The molecule has 2 nitrogen and oxygen atoms in total. The predicted octanol–water partition coefficient (Wildman–Crippen LogP) is 3.16. The van der Waals surface area contributed by atoms with Crippen LogP contribution < -0.4 is 5.73 Å². The van der Waals surface area contributed by atoms with Crippen LogP contribution in [0.2, 0.25) is 0 Å². The van der Waals surface area contributed by atoms with Crippen molar-refractivity contribution in [2.75, 3.05) is 0 Å². The van der Waals surface area contributed by atoms with Crippen LogP contribution in [0, 0.1) is 5.92 Å². The summed E-state index contributed by atoms with van der Waals surface area (Å²) in [4.78, 5) is 12.2. The fourth-order valence-electron chi connectivity index (χ4n) is 2.79. The second kappa shape index (κ2) is 5.32. The molecule has 17 heavy (non-hydrogen) atoms. The third-order valence-corrected chi connectivity index (χ3v) is 4.54. The van der Waals surface area contributed by atoms with E-state index in [2.05, 4.69) is 23.8 Å². The van der Waals surface area contributed by atoms with Crippen molar-refractivity contribution in [1.82, 2.24) is 0 Å². The Morgan fingerprint density at radius 1 is 1.65 bits per heavy atom. The molecule has 3 heteroatoms. The van der Waals surface area contributed by atoms with Gasteiger partial charge in [0.2, 0.25) is 0 Å². The van der Waals surface area contributed by atoms with Crippen molar-refractivity contribution < 1.29 is 4.79 Å². The van der Waals surface area contributed by atoms with Crippen molar-refractivity contribution in [3.63, 3.8) is 0 Å². The molecule has 1 aliphatic rings. The highest BCUT2D eigenvalue weighted by molar-refractivity contribution is 7.07. The van der Waals surface area contributed by atoms with Gasteiger partial charge in [0.1, 0.15) is 0 Å². The first-order chi connectivity index (χ1) is 8.10. The lowest BCUT2D eigenvalue weighted by atomic mass is 9.73. The van der Waals surface area contributed by atoms with Crippen LogP contribution in [-0.4, -0.2) is 11.3 Å². The molecule has 2 unspecified atom stereocenters. The molecule has 0 radical (unpaired) electrons. The van der Waals surface area contributed by atoms with Gasteiger partial charge in [-0.1, -0.05) is 19.8 Å². The number of carbonyl (C=O) groups excluding carboxylic acids is 1. The van der Waals surface area contributed by atoms with Gasteiger partial charge in [-0.25, -0.2) is 0 Å². The van der Waals surface area contributed by atoms with E-state index in [0.717, 1.165) is 25.7 Å². The Kier molecular flexibility index (Phi) is 4.00. The average Bonchev–Trinajstić information content (AvgIpc) is 2.78. The van der Waals surface area contributed by atoms with Crippen molar-refractivity contribution in [2.45, 2.75) is 51.0 Å². The van der Waals surface area contributed by atoms with Gasteiger partial charge < -0.3 is 5.73 Å². The molecule has 1 aliphatic carbocycles. The van der Waals surface area contributed by atoms with Crippen LogP contribution in [0.3, 0.4) is 0 Å². The third-order valence-electron chi connectivity index (χ3n) is 3.81. The number of nitrogens with two attached hydrogens (primary N) is 1. The Labute approximate surface area is 107 Å². The highest BCUT2D eigenvalue weighted by atomic mass is 32.1. The van der Waals surface area contributed by atoms with Crippen molar-refractivity contribution in [3.8, 4) is 0 Å². The van der Waals surface area contributed by atoms with Crippen LogP contribution >= 0.6 is 11.3 Å². The van der Waals surface area contributed by atoms with E-state index in [1.54, 1.807) is 11.3 Å². The first-order valence-corrected chi connectivity index (χ1v) is 7.38. The summed E-state index contributed by atoms with van der Waals surface area (Å²) < 4.78 is 0. The number of hydrogen-bond donors (Lipinski definition) is 1. The SMILES string of the molecule is CC1CCCC(N)(C(=O)CCc2ccsc2)C1. The van der Waals surface area contributed by atoms with Crippen LogP contribution in [0.5, 0.6) is 0 Å².